The van der Waals surface area contributed by atoms with Crippen LogP contribution in [0.4, 0.5) is 11.4 Å². The van der Waals surface area contributed by atoms with Gasteiger partial charge in [0.15, 0.2) is 0 Å². The van der Waals surface area contributed by atoms with Crippen LogP contribution in [0.2, 0.25) is 5.02 Å². The van der Waals surface area contributed by atoms with E-state index in [0.29, 0.717) is 21.7 Å². The van der Waals surface area contributed by atoms with Crippen molar-refractivity contribution in [3.05, 3.63) is 135 Å². The van der Waals surface area contributed by atoms with Gasteiger partial charge in [-0.1, -0.05) is 78.3 Å². The van der Waals surface area contributed by atoms with Crippen molar-refractivity contribution >= 4 is 33.9 Å². The number of fused-ring (bicyclic) bond motifs is 1. The molecule has 0 saturated heterocycles. The van der Waals surface area contributed by atoms with Crippen LogP contribution in [0.15, 0.2) is 108 Å². The second kappa shape index (κ2) is 9.16. The van der Waals surface area contributed by atoms with Crippen LogP contribution in [0.3, 0.4) is 0 Å². The standard InChI is InChI=1S/C29H24ClN3O/c1-20-31-27-17-16-25(32(2)24-15-9-14-23(30)18-24)19-26(27)29(34)33(20)28(21-10-5-3-6-11-21)22-12-7-4-8-13-22/h3-19,28H,1-2H3. The SMILES string of the molecule is Cc1nc2ccc(N(C)c3cccc(Cl)c3)cc2c(=O)n1C(c1ccccc1)c1ccccc1. The summed E-state index contributed by atoms with van der Waals surface area (Å²) in [6.07, 6.45) is 0. The lowest BCUT2D eigenvalue weighted by atomic mass is 9.98. The van der Waals surface area contributed by atoms with E-state index in [-0.39, 0.29) is 11.6 Å². The van der Waals surface area contributed by atoms with Gasteiger partial charge in [-0.05, 0) is 54.4 Å². The third-order valence-corrected chi connectivity index (χ3v) is 6.37. The van der Waals surface area contributed by atoms with Crippen LogP contribution in [-0.2, 0) is 0 Å². The van der Waals surface area contributed by atoms with Crippen LogP contribution < -0.4 is 10.5 Å². The molecule has 5 aromatic rings. The molecule has 0 aliphatic rings. The van der Waals surface area contributed by atoms with E-state index in [1.165, 1.54) is 0 Å². The number of benzene rings is 4. The number of halogens is 1. The Balaban J connectivity index is 1.70. The lowest BCUT2D eigenvalue weighted by Crippen LogP contribution is -2.29. The molecule has 0 aliphatic heterocycles. The highest BCUT2D eigenvalue weighted by atomic mass is 35.5. The first-order chi connectivity index (χ1) is 16.5. The molecule has 0 bridgehead atoms. The lowest BCUT2D eigenvalue weighted by molar-refractivity contribution is 0.620. The minimum atomic E-state index is -0.277. The van der Waals surface area contributed by atoms with E-state index in [4.69, 9.17) is 16.6 Å². The van der Waals surface area contributed by atoms with Crippen molar-refractivity contribution in [3.8, 4) is 0 Å². The average molecular weight is 466 g/mol. The number of nitrogens with zero attached hydrogens (tertiary/aromatic N) is 3. The van der Waals surface area contributed by atoms with Gasteiger partial charge in [0.25, 0.3) is 5.56 Å². The maximum atomic E-state index is 14.0. The quantitative estimate of drug-likeness (QED) is 0.287. The average Bonchev–Trinajstić information content (AvgIpc) is 2.87. The molecule has 0 spiro atoms. The maximum Gasteiger partial charge on any atom is 0.262 e. The molecule has 0 fully saturated rings. The molecule has 34 heavy (non-hydrogen) atoms. The summed E-state index contributed by atoms with van der Waals surface area (Å²) in [5.41, 5.74) is 4.52. The molecule has 0 radical (unpaired) electrons. The van der Waals surface area contributed by atoms with Crippen molar-refractivity contribution in [2.75, 3.05) is 11.9 Å². The monoisotopic (exact) mass is 465 g/mol. The van der Waals surface area contributed by atoms with E-state index in [1.807, 2.05) is 97.7 Å². The van der Waals surface area contributed by atoms with Gasteiger partial charge in [0.2, 0.25) is 0 Å². The lowest BCUT2D eigenvalue weighted by Gasteiger charge is -2.24. The largest absolute Gasteiger partial charge is 0.345 e. The molecule has 1 aromatic heterocycles. The fraction of sp³-hybridized carbons (Fsp3) is 0.103. The molecule has 0 N–H and O–H groups in total. The normalized spacial score (nSPS) is 11.2. The van der Waals surface area contributed by atoms with Crippen LogP contribution in [0.25, 0.3) is 10.9 Å². The predicted molar refractivity (Wildman–Crippen MR) is 140 cm³/mol. The van der Waals surface area contributed by atoms with Gasteiger partial charge in [0.05, 0.1) is 16.9 Å². The second-order valence-electron chi connectivity index (χ2n) is 8.30. The Morgan fingerprint density at radius 3 is 2.03 bits per heavy atom. The maximum absolute atomic E-state index is 14.0. The van der Waals surface area contributed by atoms with Crippen molar-refractivity contribution in [2.24, 2.45) is 0 Å². The minimum Gasteiger partial charge on any atom is -0.345 e. The van der Waals surface area contributed by atoms with Crippen molar-refractivity contribution in [3.63, 3.8) is 0 Å². The molecule has 5 rings (SSSR count). The van der Waals surface area contributed by atoms with E-state index in [0.717, 1.165) is 22.5 Å². The Bertz CT molecular complexity index is 1470. The first-order valence-corrected chi connectivity index (χ1v) is 11.5. The molecule has 4 aromatic carbocycles. The van der Waals surface area contributed by atoms with Crippen molar-refractivity contribution in [1.82, 2.24) is 9.55 Å². The van der Waals surface area contributed by atoms with Crippen LogP contribution in [-0.4, -0.2) is 16.6 Å². The second-order valence-corrected chi connectivity index (χ2v) is 8.73. The Labute approximate surface area is 203 Å². The van der Waals surface area contributed by atoms with Gasteiger partial charge in [-0.15, -0.1) is 0 Å². The third-order valence-electron chi connectivity index (χ3n) is 6.13. The smallest absolute Gasteiger partial charge is 0.262 e. The molecule has 0 atom stereocenters. The molecular formula is C29H24ClN3O. The summed E-state index contributed by atoms with van der Waals surface area (Å²) in [4.78, 5) is 20.8. The molecule has 0 saturated carbocycles. The van der Waals surface area contributed by atoms with Crippen molar-refractivity contribution in [2.45, 2.75) is 13.0 Å². The number of aromatic nitrogens is 2. The summed E-state index contributed by atoms with van der Waals surface area (Å²) in [6, 6.07) is 33.3. The number of hydrogen-bond donors (Lipinski definition) is 0. The zero-order valence-corrected chi connectivity index (χ0v) is 19.8. The zero-order chi connectivity index (χ0) is 23.7. The predicted octanol–water partition coefficient (Wildman–Crippen LogP) is 6.76. The van der Waals surface area contributed by atoms with E-state index in [1.54, 1.807) is 4.57 Å². The molecule has 0 aliphatic carbocycles. The Morgan fingerprint density at radius 1 is 0.794 bits per heavy atom. The van der Waals surface area contributed by atoms with Crippen LogP contribution in [0, 0.1) is 6.92 Å². The molecule has 0 amide bonds. The summed E-state index contributed by atoms with van der Waals surface area (Å²) in [5.74, 6) is 0.672. The van der Waals surface area contributed by atoms with Crippen LogP contribution in [0.5, 0.6) is 0 Å². The summed E-state index contributed by atoms with van der Waals surface area (Å²) >= 11 is 6.20. The summed E-state index contributed by atoms with van der Waals surface area (Å²) < 4.78 is 1.80. The molecule has 0 unspecified atom stereocenters. The van der Waals surface area contributed by atoms with Gasteiger partial charge in [0, 0.05) is 23.4 Å². The number of anilines is 2. The van der Waals surface area contributed by atoms with Crippen molar-refractivity contribution in [1.29, 1.82) is 0 Å². The van der Waals surface area contributed by atoms with E-state index in [9.17, 15) is 4.79 Å². The molecular weight excluding hydrogens is 442 g/mol. The summed E-state index contributed by atoms with van der Waals surface area (Å²) in [6.45, 7) is 1.89. The highest BCUT2D eigenvalue weighted by Gasteiger charge is 2.21. The summed E-state index contributed by atoms with van der Waals surface area (Å²) in [7, 11) is 1.96. The van der Waals surface area contributed by atoms with Crippen LogP contribution in [0.1, 0.15) is 23.0 Å². The van der Waals surface area contributed by atoms with E-state index >= 15 is 0 Å². The first-order valence-electron chi connectivity index (χ1n) is 11.1. The third kappa shape index (κ3) is 4.09. The number of hydrogen-bond acceptors (Lipinski definition) is 3. The zero-order valence-electron chi connectivity index (χ0n) is 19.0. The van der Waals surface area contributed by atoms with Crippen molar-refractivity contribution < 1.29 is 0 Å². The number of aryl methyl sites for hydroxylation is 1. The molecule has 1 heterocycles. The van der Waals surface area contributed by atoms with Crippen LogP contribution >= 0.6 is 11.6 Å². The van der Waals surface area contributed by atoms with Gasteiger partial charge in [-0.2, -0.15) is 0 Å². The molecule has 5 heteroatoms. The van der Waals surface area contributed by atoms with Gasteiger partial charge in [-0.25, -0.2) is 4.98 Å². The Hall–Kier alpha value is -3.89. The van der Waals surface area contributed by atoms with Gasteiger partial charge in [0.1, 0.15) is 5.82 Å². The number of rotatable bonds is 5. The molecule has 4 nitrogen and oxygen atoms in total. The Morgan fingerprint density at radius 2 is 1.41 bits per heavy atom. The first kappa shape index (κ1) is 21.9. The topological polar surface area (TPSA) is 38.1 Å². The molecule has 168 valence electrons. The highest BCUT2D eigenvalue weighted by molar-refractivity contribution is 6.30. The minimum absolute atomic E-state index is 0.0680. The fourth-order valence-electron chi connectivity index (χ4n) is 4.41. The van der Waals surface area contributed by atoms with Gasteiger partial charge in [-0.3, -0.25) is 9.36 Å². The van der Waals surface area contributed by atoms with E-state index in [2.05, 4.69) is 24.3 Å². The van der Waals surface area contributed by atoms with E-state index < -0.39 is 0 Å². The fourth-order valence-corrected chi connectivity index (χ4v) is 4.59. The van der Waals surface area contributed by atoms with Gasteiger partial charge < -0.3 is 4.90 Å². The highest BCUT2D eigenvalue weighted by Crippen LogP contribution is 2.30. The Kier molecular flexibility index (Phi) is 5.91. The summed E-state index contributed by atoms with van der Waals surface area (Å²) in [5, 5.41) is 1.24. The van der Waals surface area contributed by atoms with Gasteiger partial charge >= 0.3 is 0 Å².